The van der Waals surface area contributed by atoms with Crippen molar-refractivity contribution in [1.29, 1.82) is 0 Å². The molecular formula is C27H23Cl2N3O4. The number of ether oxygens (including phenoxy) is 1. The molecule has 0 radical (unpaired) electrons. The van der Waals surface area contributed by atoms with Crippen LogP contribution in [0.4, 0.5) is 0 Å². The third-order valence-corrected chi connectivity index (χ3v) is 5.86. The van der Waals surface area contributed by atoms with Crippen LogP contribution in [-0.2, 0) is 4.79 Å². The quantitative estimate of drug-likeness (QED) is 0.276. The lowest BCUT2D eigenvalue weighted by atomic mass is 10.1. The first-order valence-corrected chi connectivity index (χ1v) is 11.9. The molecule has 1 aromatic heterocycles. The van der Waals surface area contributed by atoms with Crippen LogP contribution < -0.4 is 10.1 Å². The van der Waals surface area contributed by atoms with Crippen LogP contribution in [0.1, 0.15) is 27.9 Å². The summed E-state index contributed by atoms with van der Waals surface area (Å²) in [6.07, 6.45) is 1.70. The number of carbonyl (C=O) groups excluding carboxylic acids is 1. The van der Waals surface area contributed by atoms with Crippen LogP contribution in [0.3, 0.4) is 0 Å². The van der Waals surface area contributed by atoms with Gasteiger partial charge in [0, 0.05) is 28.4 Å². The highest BCUT2D eigenvalue weighted by Gasteiger charge is 2.17. The molecule has 0 fully saturated rings. The number of aliphatic carboxylic acids is 1. The van der Waals surface area contributed by atoms with E-state index in [4.69, 9.17) is 33.0 Å². The molecule has 3 aromatic carbocycles. The molecule has 184 valence electrons. The van der Waals surface area contributed by atoms with Gasteiger partial charge in [0.1, 0.15) is 5.75 Å². The second-order valence-corrected chi connectivity index (χ2v) is 9.14. The Morgan fingerprint density at radius 2 is 1.69 bits per heavy atom. The van der Waals surface area contributed by atoms with Crippen molar-refractivity contribution in [3.05, 3.63) is 93.6 Å². The number of nitrogens with one attached hydrogen (secondary N) is 1. The number of halogens is 2. The smallest absolute Gasteiger partial charge is 0.305 e. The number of aryl methyl sites for hydroxylation is 2. The number of carboxylic acids is 1. The Morgan fingerprint density at radius 1 is 1.00 bits per heavy atom. The van der Waals surface area contributed by atoms with E-state index in [9.17, 15) is 9.59 Å². The van der Waals surface area contributed by atoms with Crippen molar-refractivity contribution in [1.82, 2.24) is 15.1 Å². The number of benzene rings is 3. The second-order valence-electron chi connectivity index (χ2n) is 8.27. The number of hydrogen-bond donors (Lipinski definition) is 2. The molecule has 0 saturated carbocycles. The van der Waals surface area contributed by atoms with Crippen molar-refractivity contribution in [2.75, 3.05) is 6.54 Å². The van der Waals surface area contributed by atoms with Crippen molar-refractivity contribution < 1.29 is 19.4 Å². The molecule has 2 N–H and O–H groups in total. The summed E-state index contributed by atoms with van der Waals surface area (Å²) in [4.78, 5) is 23.0. The summed E-state index contributed by atoms with van der Waals surface area (Å²) in [6.45, 7) is 3.89. The van der Waals surface area contributed by atoms with Crippen LogP contribution in [0, 0.1) is 13.8 Å². The number of carbonyl (C=O) groups is 2. The Hall–Kier alpha value is -3.81. The Labute approximate surface area is 218 Å². The average molecular weight is 524 g/mol. The minimum absolute atomic E-state index is 0.0519. The fourth-order valence-corrected chi connectivity index (χ4v) is 4.08. The van der Waals surface area contributed by atoms with Crippen LogP contribution in [-0.4, -0.2) is 33.3 Å². The van der Waals surface area contributed by atoms with E-state index in [0.29, 0.717) is 32.9 Å². The molecule has 0 atom stereocenters. The van der Waals surface area contributed by atoms with Crippen molar-refractivity contribution >= 4 is 35.1 Å². The molecule has 36 heavy (non-hydrogen) atoms. The van der Waals surface area contributed by atoms with Gasteiger partial charge in [-0.2, -0.15) is 0 Å². The van der Waals surface area contributed by atoms with Gasteiger partial charge in [0.05, 0.1) is 17.7 Å². The standard InChI is InChI=1S/C27H23Cl2N3O4/c1-16-3-5-18(6-4-16)23-15-32(22-13-20(28)12-21(29)14-22)31-27(23)36-24-8-7-19(11-17(24)2)26(35)30-10-9-25(33)34/h3-8,11-15H,9-10H2,1-2H3,(H,30,35)(H,33,34). The van der Waals surface area contributed by atoms with E-state index in [2.05, 4.69) is 10.4 Å². The van der Waals surface area contributed by atoms with Crippen LogP contribution in [0.2, 0.25) is 10.0 Å². The molecule has 0 unspecified atom stereocenters. The number of aromatic nitrogens is 2. The molecule has 4 rings (SSSR count). The van der Waals surface area contributed by atoms with E-state index in [0.717, 1.165) is 22.3 Å². The lowest BCUT2D eigenvalue weighted by molar-refractivity contribution is -0.136. The van der Waals surface area contributed by atoms with Gasteiger partial charge in [-0.1, -0.05) is 53.0 Å². The number of carboxylic acid groups (broad SMARTS) is 1. The zero-order valence-electron chi connectivity index (χ0n) is 19.6. The van der Waals surface area contributed by atoms with Crippen LogP contribution >= 0.6 is 23.2 Å². The maximum Gasteiger partial charge on any atom is 0.305 e. The van der Waals surface area contributed by atoms with Gasteiger partial charge in [-0.05, 0) is 61.4 Å². The predicted octanol–water partition coefficient (Wildman–Crippen LogP) is 6.46. The molecule has 0 bridgehead atoms. The molecule has 4 aromatic rings. The number of hydrogen-bond acceptors (Lipinski definition) is 4. The average Bonchev–Trinajstić information content (AvgIpc) is 3.24. The number of nitrogens with zero attached hydrogens (tertiary/aromatic N) is 2. The summed E-state index contributed by atoms with van der Waals surface area (Å²) in [7, 11) is 0. The maximum atomic E-state index is 12.3. The summed E-state index contributed by atoms with van der Waals surface area (Å²) in [6, 6.07) is 18.2. The normalized spacial score (nSPS) is 10.8. The zero-order valence-corrected chi connectivity index (χ0v) is 21.1. The summed E-state index contributed by atoms with van der Waals surface area (Å²) in [5.74, 6) is -0.427. The molecule has 1 amide bonds. The molecule has 0 aliphatic heterocycles. The largest absolute Gasteiger partial charge is 0.481 e. The van der Waals surface area contributed by atoms with E-state index in [1.54, 1.807) is 41.1 Å². The SMILES string of the molecule is Cc1ccc(-c2cn(-c3cc(Cl)cc(Cl)c3)nc2Oc2ccc(C(=O)NCCC(=O)O)cc2C)cc1. The highest BCUT2D eigenvalue weighted by atomic mass is 35.5. The lowest BCUT2D eigenvalue weighted by Gasteiger charge is -2.10. The Balaban J connectivity index is 1.66. The van der Waals surface area contributed by atoms with Crippen molar-refractivity contribution in [3.63, 3.8) is 0 Å². The van der Waals surface area contributed by atoms with Crippen LogP contribution in [0.15, 0.2) is 66.9 Å². The first-order valence-electron chi connectivity index (χ1n) is 11.1. The minimum Gasteiger partial charge on any atom is -0.481 e. The third-order valence-electron chi connectivity index (χ3n) is 5.42. The Bertz CT molecular complexity index is 1410. The Kier molecular flexibility index (Phi) is 7.62. The first kappa shape index (κ1) is 25.3. The van der Waals surface area contributed by atoms with Crippen LogP contribution in [0.25, 0.3) is 16.8 Å². The van der Waals surface area contributed by atoms with Crippen molar-refractivity contribution in [2.45, 2.75) is 20.3 Å². The van der Waals surface area contributed by atoms with E-state index >= 15 is 0 Å². The number of amides is 1. The van der Waals surface area contributed by atoms with Gasteiger partial charge in [0.2, 0.25) is 5.88 Å². The monoisotopic (exact) mass is 523 g/mol. The molecule has 1 heterocycles. The first-order chi connectivity index (χ1) is 17.2. The van der Waals surface area contributed by atoms with E-state index in [1.165, 1.54) is 0 Å². The van der Waals surface area contributed by atoms with E-state index in [1.807, 2.05) is 44.3 Å². The molecule has 0 aliphatic rings. The number of rotatable bonds is 8. The van der Waals surface area contributed by atoms with E-state index in [-0.39, 0.29) is 18.9 Å². The van der Waals surface area contributed by atoms with Gasteiger partial charge in [-0.25, -0.2) is 4.68 Å². The van der Waals surface area contributed by atoms with Gasteiger partial charge in [0.15, 0.2) is 0 Å². The topological polar surface area (TPSA) is 93.5 Å². The summed E-state index contributed by atoms with van der Waals surface area (Å²) >= 11 is 12.4. The summed E-state index contributed by atoms with van der Waals surface area (Å²) < 4.78 is 7.88. The molecule has 0 aliphatic carbocycles. The minimum atomic E-state index is -0.973. The highest BCUT2D eigenvalue weighted by Crippen LogP contribution is 2.35. The van der Waals surface area contributed by atoms with E-state index < -0.39 is 5.97 Å². The molecule has 9 heteroatoms. The van der Waals surface area contributed by atoms with Gasteiger partial charge in [-0.15, -0.1) is 5.10 Å². The molecule has 0 spiro atoms. The second kappa shape index (κ2) is 10.8. The predicted molar refractivity (Wildman–Crippen MR) is 140 cm³/mol. The van der Waals surface area contributed by atoms with Gasteiger partial charge >= 0.3 is 5.97 Å². The molecular weight excluding hydrogens is 501 g/mol. The third kappa shape index (κ3) is 6.05. The Morgan fingerprint density at radius 3 is 2.33 bits per heavy atom. The highest BCUT2D eigenvalue weighted by molar-refractivity contribution is 6.34. The summed E-state index contributed by atoms with van der Waals surface area (Å²) in [5, 5.41) is 17.0. The van der Waals surface area contributed by atoms with Gasteiger partial charge < -0.3 is 15.2 Å². The van der Waals surface area contributed by atoms with Crippen molar-refractivity contribution in [2.24, 2.45) is 0 Å². The fourth-order valence-electron chi connectivity index (χ4n) is 3.56. The molecule has 0 saturated heterocycles. The molecule has 7 nitrogen and oxygen atoms in total. The fraction of sp³-hybridized carbons (Fsp3) is 0.148. The maximum absolute atomic E-state index is 12.3. The van der Waals surface area contributed by atoms with Gasteiger partial charge in [-0.3, -0.25) is 9.59 Å². The lowest BCUT2D eigenvalue weighted by Crippen LogP contribution is -2.26. The zero-order chi connectivity index (χ0) is 25.8. The van der Waals surface area contributed by atoms with Crippen LogP contribution in [0.5, 0.6) is 11.6 Å². The van der Waals surface area contributed by atoms with Gasteiger partial charge in [0.25, 0.3) is 5.91 Å². The van der Waals surface area contributed by atoms with Crippen molar-refractivity contribution in [3.8, 4) is 28.4 Å². The summed E-state index contributed by atoms with van der Waals surface area (Å²) in [5.41, 5.74) is 4.62.